The Labute approximate surface area is 334 Å². The molecule has 0 radical (unpaired) electrons. The molecule has 0 rings (SSSR count). The molecule has 0 bridgehead atoms. The molecule has 10 heteroatoms. The molecule has 0 fully saturated rings. The number of hydrogen-bond donors (Lipinski definition) is 2. The quantitative estimate of drug-likeness (QED) is 0.0156. The van der Waals surface area contributed by atoms with Gasteiger partial charge in [0.1, 0.15) is 6.61 Å². The van der Waals surface area contributed by atoms with Crippen LogP contribution in [0.3, 0.4) is 0 Å². The maximum Gasteiger partial charge on any atom is 0.469 e. The third-order valence-corrected chi connectivity index (χ3v) is 9.47. The van der Waals surface area contributed by atoms with Gasteiger partial charge < -0.3 is 19.3 Å². The number of esters is 2. The van der Waals surface area contributed by atoms with Gasteiger partial charge in [0.2, 0.25) is 0 Å². The van der Waals surface area contributed by atoms with Crippen LogP contribution in [-0.2, 0) is 32.9 Å². The maximum atomic E-state index is 12.4. The molecular weight excluding hydrogens is 715 g/mol. The number of allylic oxidation sites excluding steroid dienone is 10. The van der Waals surface area contributed by atoms with E-state index in [1.165, 1.54) is 109 Å². The van der Waals surface area contributed by atoms with Crippen molar-refractivity contribution in [2.45, 2.75) is 193 Å². The lowest BCUT2D eigenvalue weighted by molar-refractivity contribution is -0.161. The molecule has 0 saturated carbocycles. The summed E-state index contributed by atoms with van der Waals surface area (Å²) in [6.07, 6.45) is 46.6. The van der Waals surface area contributed by atoms with E-state index < -0.39 is 32.5 Å². The molecule has 0 saturated heterocycles. The molecule has 0 aromatic heterocycles. The molecule has 0 heterocycles. The van der Waals surface area contributed by atoms with Crippen molar-refractivity contribution in [1.29, 1.82) is 0 Å². The van der Waals surface area contributed by atoms with E-state index in [2.05, 4.69) is 54.8 Å². The smallest absolute Gasteiger partial charge is 0.462 e. The average molecular weight is 793 g/mol. The molecule has 0 aliphatic carbocycles. The maximum absolute atomic E-state index is 12.4. The number of phosphoric acid groups is 1. The van der Waals surface area contributed by atoms with Crippen LogP contribution in [0.4, 0.5) is 0 Å². The van der Waals surface area contributed by atoms with E-state index in [4.69, 9.17) is 19.3 Å². The number of rotatable bonds is 39. The largest absolute Gasteiger partial charge is 0.469 e. The first-order valence-electron chi connectivity index (χ1n) is 21.5. The van der Waals surface area contributed by atoms with Crippen molar-refractivity contribution in [2.24, 2.45) is 0 Å². The summed E-state index contributed by atoms with van der Waals surface area (Å²) in [4.78, 5) is 55.0. The minimum Gasteiger partial charge on any atom is -0.462 e. The number of hydrogen-bond acceptors (Lipinski definition) is 7. The number of phosphoric ester groups is 1. The lowest BCUT2D eigenvalue weighted by Crippen LogP contribution is -2.29. The van der Waals surface area contributed by atoms with E-state index in [9.17, 15) is 18.9 Å². The minimum atomic E-state index is -4.82. The second-order valence-corrected chi connectivity index (χ2v) is 15.6. The fourth-order valence-corrected chi connectivity index (χ4v) is 6.09. The Hall–Kier alpha value is -2.58. The lowest BCUT2D eigenvalue weighted by atomic mass is 10.1. The highest BCUT2D eigenvalue weighted by Gasteiger charge is 2.23. The standard InChI is InChI=1S/C45H77O9P/c1-3-5-7-9-11-13-15-17-18-19-20-21-22-24-26-28-30-32-34-38-44(47)52-40-43(41-53-55(49,50)51)54-45(48)39-35-37-42(46)36-33-31-29-27-25-23-16-14-12-10-8-6-4-2/h12,14,17-18,23,25,29,31,33,36,43H,3-11,13,15-16,19-22,24,26-28,30,32,34-35,37-41H2,1-2H3,(H2,49,50,51)/b14-12-,18-17-,25-23-,31-29-,36-33+/t43-/m1/s1. The van der Waals surface area contributed by atoms with Gasteiger partial charge in [-0.05, 0) is 70.3 Å². The Bertz CT molecular complexity index is 1140. The SMILES string of the molecule is CCCCC/C=C\C/C=C\C/C=C\C=C\C(=O)CCCC(=O)O[C@H](COC(=O)CCCCCCCCCCC/C=C\CCCCCCCC)COP(=O)(O)O. The molecule has 0 aromatic rings. The van der Waals surface area contributed by atoms with Gasteiger partial charge >= 0.3 is 19.8 Å². The zero-order valence-corrected chi connectivity index (χ0v) is 35.5. The van der Waals surface area contributed by atoms with Crippen LogP contribution in [0.25, 0.3) is 0 Å². The van der Waals surface area contributed by atoms with Gasteiger partial charge in [0.25, 0.3) is 0 Å². The van der Waals surface area contributed by atoms with Crippen LogP contribution in [0, 0.1) is 0 Å². The van der Waals surface area contributed by atoms with Crippen molar-refractivity contribution >= 4 is 25.5 Å². The Morgan fingerprint density at radius 1 is 0.527 bits per heavy atom. The monoisotopic (exact) mass is 793 g/mol. The predicted molar refractivity (Wildman–Crippen MR) is 226 cm³/mol. The van der Waals surface area contributed by atoms with Gasteiger partial charge in [0.05, 0.1) is 6.61 Å². The zero-order chi connectivity index (χ0) is 40.5. The van der Waals surface area contributed by atoms with Gasteiger partial charge in [-0.1, -0.05) is 158 Å². The average Bonchev–Trinajstić information content (AvgIpc) is 3.15. The van der Waals surface area contributed by atoms with Crippen LogP contribution in [-0.4, -0.2) is 46.8 Å². The van der Waals surface area contributed by atoms with Crippen LogP contribution in [0.2, 0.25) is 0 Å². The summed E-state index contributed by atoms with van der Waals surface area (Å²) < 4.78 is 26.2. The van der Waals surface area contributed by atoms with E-state index in [1.54, 1.807) is 6.08 Å². The second-order valence-electron chi connectivity index (χ2n) is 14.3. The van der Waals surface area contributed by atoms with Crippen molar-refractivity contribution in [1.82, 2.24) is 0 Å². The molecule has 0 aromatic carbocycles. The first kappa shape index (κ1) is 52.4. The zero-order valence-electron chi connectivity index (χ0n) is 34.6. The fourth-order valence-electron chi connectivity index (χ4n) is 5.73. The van der Waals surface area contributed by atoms with Gasteiger partial charge in [0.15, 0.2) is 11.9 Å². The topological polar surface area (TPSA) is 136 Å². The van der Waals surface area contributed by atoms with Crippen molar-refractivity contribution in [3.05, 3.63) is 60.8 Å². The number of carbonyl (C=O) groups is 3. The molecule has 0 spiro atoms. The molecule has 0 aliphatic heterocycles. The predicted octanol–water partition coefficient (Wildman–Crippen LogP) is 12.5. The number of carbonyl (C=O) groups excluding carboxylic acids is 3. The van der Waals surface area contributed by atoms with E-state index in [1.807, 2.05) is 12.2 Å². The molecule has 9 nitrogen and oxygen atoms in total. The normalized spacial score (nSPS) is 12.9. The Morgan fingerprint density at radius 2 is 1.00 bits per heavy atom. The van der Waals surface area contributed by atoms with Crippen molar-refractivity contribution in [3.8, 4) is 0 Å². The van der Waals surface area contributed by atoms with Crippen LogP contribution < -0.4 is 0 Å². The molecule has 0 amide bonds. The van der Waals surface area contributed by atoms with Crippen LogP contribution in [0.5, 0.6) is 0 Å². The van der Waals surface area contributed by atoms with Gasteiger partial charge in [-0.2, -0.15) is 0 Å². The van der Waals surface area contributed by atoms with Crippen LogP contribution >= 0.6 is 7.82 Å². The van der Waals surface area contributed by atoms with Crippen molar-refractivity contribution < 1.29 is 42.7 Å². The summed E-state index contributed by atoms with van der Waals surface area (Å²) in [6, 6.07) is 0. The van der Waals surface area contributed by atoms with Crippen molar-refractivity contribution in [3.63, 3.8) is 0 Å². The summed E-state index contributed by atoms with van der Waals surface area (Å²) in [7, 11) is -4.82. The van der Waals surface area contributed by atoms with Crippen LogP contribution in [0.1, 0.15) is 187 Å². The molecule has 0 unspecified atom stereocenters. The number of ether oxygens (including phenoxy) is 2. The summed E-state index contributed by atoms with van der Waals surface area (Å²) in [5.41, 5.74) is 0. The summed E-state index contributed by atoms with van der Waals surface area (Å²) in [5.74, 6) is -1.28. The Kier molecular flexibility index (Phi) is 37.8. The van der Waals surface area contributed by atoms with Gasteiger partial charge in [0, 0.05) is 19.3 Å². The summed E-state index contributed by atoms with van der Waals surface area (Å²) in [5, 5.41) is 0. The first-order valence-corrected chi connectivity index (χ1v) is 23.1. The van der Waals surface area contributed by atoms with Crippen LogP contribution in [0.15, 0.2) is 60.8 Å². The molecular formula is C45H77O9P. The lowest BCUT2D eigenvalue weighted by Gasteiger charge is -2.18. The Morgan fingerprint density at radius 3 is 1.60 bits per heavy atom. The second kappa shape index (κ2) is 39.6. The highest BCUT2D eigenvalue weighted by Crippen LogP contribution is 2.36. The number of unbranched alkanes of at least 4 members (excludes halogenated alkanes) is 18. The van der Waals surface area contributed by atoms with Gasteiger partial charge in [-0.3, -0.25) is 18.9 Å². The van der Waals surface area contributed by atoms with Gasteiger partial charge in [-0.15, -0.1) is 0 Å². The highest BCUT2D eigenvalue weighted by molar-refractivity contribution is 7.46. The summed E-state index contributed by atoms with van der Waals surface area (Å²) in [6.45, 7) is 3.45. The first-order chi connectivity index (χ1) is 26.7. The third-order valence-electron chi connectivity index (χ3n) is 8.99. The number of ketones is 1. The molecule has 2 N–H and O–H groups in total. The van der Waals surface area contributed by atoms with Gasteiger partial charge in [-0.25, -0.2) is 4.57 Å². The minimum absolute atomic E-state index is 0.0790. The van der Waals surface area contributed by atoms with E-state index in [0.29, 0.717) is 6.42 Å². The van der Waals surface area contributed by atoms with Crippen molar-refractivity contribution in [2.75, 3.05) is 13.2 Å². The molecule has 316 valence electrons. The highest BCUT2D eigenvalue weighted by atomic mass is 31.2. The Balaban J connectivity index is 4.09. The summed E-state index contributed by atoms with van der Waals surface area (Å²) >= 11 is 0. The van der Waals surface area contributed by atoms with E-state index in [0.717, 1.165) is 38.5 Å². The fraction of sp³-hybridized carbons (Fsp3) is 0.711. The van der Waals surface area contributed by atoms with E-state index >= 15 is 0 Å². The third kappa shape index (κ3) is 42.4. The molecule has 0 aliphatic rings. The van der Waals surface area contributed by atoms with E-state index in [-0.39, 0.29) is 38.1 Å². The molecule has 1 atom stereocenters. The molecule has 55 heavy (non-hydrogen) atoms.